The second-order valence-corrected chi connectivity index (χ2v) is 6.98. The Bertz CT molecular complexity index is 488. The molecule has 0 atom stereocenters. The minimum atomic E-state index is 0.369. The molecule has 98 valence electrons. The van der Waals surface area contributed by atoms with E-state index in [0.29, 0.717) is 5.54 Å². The van der Waals surface area contributed by atoms with Crippen molar-refractivity contribution >= 4 is 11.4 Å². The van der Waals surface area contributed by atoms with Crippen LogP contribution < -0.4 is 5.32 Å². The molecule has 0 aliphatic heterocycles. The highest BCUT2D eigenvalue weighted by Crippen LogP contribution is 2.56. The van der Waals surface area contributed by atoms with Crippen LogP contribution in [0.5, 0.6) is 0 Å². The van der Waals surface area contributed by atoms with Gasteiger partial charge in [0.05, 0.1) is 6.57 Å². The molecule has 0 aromatic heterocycles. The number of hydrogen-bond acceptors (Lipinski definition) is 1. The summed E-state index contributed by atoms with van der Waals surface area (Å²) in [6.07, 6.45) is 8.55. The molecule has 1 aromatic rings. The Morgan fingerprint density at radius 1 is 0.947 bits per heavy atom. The molecule has 5 rings (SSSR count). The first-order chi connectivity index (χ1) is 9.25. The van der Waals surface area contributed by atoms with Crippen LogP contribution in [0.25, 0.3) is 4.85 Å². The third-order valence-electron chi connectivity index (χ3n) is 5.44. The lowest BCUT2D eigenvalue weighted by Gasteiger charge is -2.57. The van der Waals surface area contributed by atoms with Crippen LogP contribution in [0.1, 0.15) is 38.5 Å². The Morgan fingerprint density at radius 3 is 1.95 bits per heavy atom. The van der Waals surface area contributed by atoms with Crippen LogP contribution >= 0.6 is 0 Å². The summed E-state index contributed by atoms with van der Waals surface area (Å²) in [5.74, 6) is 2.92. The lowest BCUT2D eigenvalue weighted by molar-refractivity contribution is 0.0107. The largest absolute Gasteiger partial charge is 0.380 e. The Morgan fingerprint density at radius 2 is 1.47 bits per heavy atom. The van der Waals surface area contributed by atoms with Gasteiger partial charge in [0, 0.05) is 11.2 Å². The number of benzene rings is 1. The molecular formula is C17H20N2. The van der Waals surface area contributed by atoms with Crippen molar-refractivity contribution in [3.05, 3.63) is 35.7 Å². The predicted molar refractivity (Wildman–Crippen MR) is 77.2 cm³/mol. The summed E-state index contributed by atoms with van der Waals surface area (Å²) < 4.78 is 0. The average molecular weight is 252 g/mol. The van der Waals surface area contributed by atoms with Crippen molar-refractivity contribution < 1.29 is 0 Å². The number of nitrogens with one attached hydrogen (secondary N) is 1. The minimum absolute atomic E-state index is 0.369. The summed E-state index contributed by atoms with van der Waals surface area (Å²) in [6, 6.07) is 8.00. The lowest BCUT2D eigenvalue weighted by Crippen LogP contribution is -2.54. The third kappa shape index (κ3) is 1.92. The fourth-order valence-electron chi connectivity index (χ4n) is 5.19. The zero-order valence-electron chi connectivity index (χ0n) is 11.2. The maximum atomic E-state index is 7.01. The van der Waals surface area contributed by atoms with Gasteiger partial charge in [-0.15, -0.1) is 0 Å². The van der Waals surface area contributed by atoms with E-state index in [4.69, 9.17) is 6.57 Å². The zero-order valence-corrected chi connectivity index (χ0v) is 11.2. The summed E-state index contributed by atoms with van der Waals surface area (Å²) in [5, 5.41) is 3.83. The van der Waals surface area contributed by atoms with E-state index in [2.05, 4.69) is 22.3 Å². The van der Waals surface area contributed by atoms with Crippen LogP contribution in [0.2, 0.25) is 0 Å². The highest BCUT2D eigenvalue weighted by molar-refractivity contribution is 5.55. The normalized spacial score (nSPS) is 39.0. The highest BCUT2D eigenvalue weighted by atomic mass is 15.0. The average Bonchev–Trinajstić information content (AvgIpc) is 2.37. The van der Waals surface area contributed by atoms with Crippen LogP contribution in [0.3, 0.4) is 0 Å². The summed E-state index contributed by atoms with van der Waals surface area (Å²) >= 11 is 0. The van der Waals surface area contributed by atoms with Crippen LogP contribution in [0.15, 0.2) is 24.3 Å². The molecule has 1 aromatic carbocycles. The van der Waals surface area contributed by atoms with Gasteiger partial charge in [-0.05, 0) is 68.4 Å². The summed E-state index contributed by atoms with van der Waals surface area (Å²) in [7, 11) is 0. The smallest absolute Gasteiger partial charge is 0.187 e. The first-order valence-electron chi connectivity index (χ1n) is 7.50. The van der Waals surface area contributed by atoms with Crippen LogP contribution in [-0.2, 0) is 0 Å². The molecule has 4 fully saturated rings. The van der Waals surface area contributed by atoms with Gasteiger partial charge in [0.1, 0.15) is 0 Å². The van der Waals surface area contributed by atoms with Gasteiger partial charge in [-0.1, -0.05) is 12.1 Å². The number of rotatable bonds is 2. The van der Waals surface area contributed by atoms with E-state index in [1.165, 1.54) is 44.2 Å². The molecule has 4 bridgehead atoms. The molecule has 0 amide bonds. The van der Waals surface area contributed by atoms with Gasteiger partial charge in [0.25, 0.3) is 0 Å². The lowest BCUT2D eigenvalue weighted by atomic mass is 9.53. The van der Waals surface area contributed by atoms with E-state index in [1.807, 2.05) is 12.1 Å². The molecule has 0 saturated heterocycles. The van der Waals surface area contributed by atoms with E-state index in [9.17, 15) is 0 Å². The van der Waals surface area contributed by atoms with E-state index in [0.717, 1.165) is 23.4 Å². The zero-order chi connectivity index (χ0) is 12.9. The number of nitrogens with zero attached hydrogens (tertiary/aromatic N) is 1. The van der Waals surface area contributed by atoms with Crippen molar-refractivity contribution in [2.24, 2.45) is 17.8 Å². The highest BCUT2D eigenvalue weighted by Gasteiger charge is 2.50. The third-order valence-corrected chi connectivity index (χ3v) is 5.44. The van der Waals surface area contributed by atoms with Crippen LogP contribution in [0, 0.1) is 24.3 Å². The van der Waals surface area contributed by atoms with Crippen molar-refractivity contribution in [3.63, 3.8) is 0 Å². The topological polar surface area (TPSA) is 16.4 Å². The molecule has 1 N–H and O–H groups in total. The standard InChI is InChI=1S/C17H20N2/c1-18-15-2-4-16(5-3-15)19-17-9-12-6-13(10-17)8-14(7-12)11-17/h2-5,12-14,19H,6-11H2. The maximum absolute atomic E-state index is 7.01. The van der Waals surface area contributed by atoms with E-state index in [1.54, 1.807) is 0 Å². The van der Waals surface area contributed by atoms with Crippen molar-refractivity contribution in [1.29, 1.82) is 0 Å². The second kappa shape index (κ2) is 4.00. The molecule has 0 unspecified atom stereocenters. The number of anilines is 1. The molecule has 19 heavy (non-hydrogen) atoms. The van der Waals surface area contributed by atoms with E-state index < -0.39 is 0 Å². The Labute approximate surface area is 115 Å². The summed E-state index contributed by atoms with van der Waals surface area (Å²) in [4.78, 5) is 3.46. The van der Waals surface area contributed by atoms with Gasteiger partial charge < -0.3 is 5.32 Å². The molecule has 2 nitrogen and oxygen atoms in total. The maximum Gasteiger partial charge on any atom is 0.187 e. The summed E-state index contributed by atoms with van der Waals surface area (Å²) in [5.41, 5.74) is 2.30. The Hall–Kier alpha value is -1.49. The van der Waals surface area contributed by atoms with Gasteiger partial charge in [0.2, 0.25) is 0 Å². The van der Waals surface area contributed by atoms with E-state index in [-0.39, 0.29) is 0 Å². The summed E-state index contributed by atoms with van der Waals surface area (Å²) in [6.45, 7) is 7.01. The molecule has 4 aliphatic rings. The molecule has 4 aliphatic carbocycles. The Kier molecular flexibility index (Phi) is 2.39. The van der Waals surface area contributed by atoms with Crippen molar-refractivity contribution in [2.45, 2.75) is 44.1 Å². The molecular weight excluding hydrogens is 232 g/mol. The first-order valence-corrected chi connectivity index (χ1v) is 7.50. The molecule has 0 heterocycles. The van der Waals surface area contributed by atoms with Crippen molar-refractivity contribution in [2.75, 3.05) is 5.32 Å². The Balaban J connectivity index is 1.57. The molecule has 2 heteroatoms. The minimum Gasteiger partial charge on any atom is -0.380 e. The van der Waals surface area contributed by atoms with Gasteiger partial charge in [-0.3, -0.25) is 0 Å². The quantitative estimate of drug-likeness (QED) is 0.760. The fourth-order valence-corrected chi connectivity index (χ4v) is 5.19. The van der Waals surface area contributed by atoms with Gasteiger partial charge in [-0.25, -0.2) is 4.85 Å². The van der Waals surface area contributed by atoms with Gasteiger partial charge in [0.15, 0.2) is 5.69 Å². The fraction of sp³-hybridized carbons (Fsp3) is 0.588. The van der Waals surface area contributed by atoms with Crippen LogP contribution in [0.4, 0.5) is 11.4 Å². The molecule has 0 spiro atoms. The van der Waals surface area contributed by atoms with Crippen molar-refractivity contribution in [1.82, 2.24) is 0 Å². The predicted octanol–water partition coefficient (Wildman–Crippen LogP) is 4.62. The first kappa shape index (κ1) is 11.3. The number of hydrogen-bond donors (Lipinski definition) is 1. The van der Waals surface area contributed by atoms with Crippen molar-refractivity contribution in [3.8, 4) is 0 Å². The van der Waals surface area contributed by atoms with Gasteiger partial charge >= 0.3 is 0 Å². The second-order valence-electron chi connectivity index (χ2n) is 6.98. The SMILES string of the molecule is [C-]#[N+]c1ccc(NC23CC4CC(CC(C4)C2)C3)cc1. The molecule has 0 radical (unpaired) electrons. The molecule has 4 saturated carbocycles. The van der Waals surface area contributed by atoms with Crippen LogP contribution in [-0.4, -0.2) is 5.54 Å². The van der Waals surface area contributed by atoms with Gasteiger partial charge in [-0.2, -0.15) is 0 Å². The van der Waals surface area contributed by atoms with E-state index >= 15 is 0 Å². The monoisotopic (exact) mass is 252 g/mol.